The number of alkyl halides is 1. The molecule has 0 spiro atoms. The molecular weight excluding hydrogens is 455 g/mol. The predicted molar refractivity (Wildman–Crippen MR) is 107 cm³/mol. The first-order valence-corrected chi connectivity index (χ1v) is 10.0. The quantitative estimate of drug-likeness (QED) is 0.403. The van der Waals surface area contributed by atoms with Gasteiger partial charge in [-0.3, -0.25) is 4.79 Å². The second-order valence-corrected chi connectivity index (χ2v) is 8.91. The van der Waals surface area contributed by atoms with Gasteiger partial charge in [0.2, 0.25) is 5.91 Å². The number of amides is 1. The average molecular weight is 470 g/mol. The molecule has 0 aromatic carbocycles. The molecule has 2 N–H and O–H groups in total. The maximum Gasteiger partial charge on any atom is 0.235 e. The normalized spacial score (nSPS) is 27.4. The van der Waals surface area contributed by atoms with Crippen molar-refractivity contribution >= 4 is 79.3 Å². The van der Waals surface area contributed by atoms with Crippen molar-refractivity contribution in [2.75, 3.05) is 26.0 Å². The van der Waals surface area contributed by atoms with Gasteiger partial charge in [0.15, 0.2) is 0 Å². The molecule has 130 valence electrons. The highest BCUT2D eigenvalue weighted by Crippen LogP contribution is 2.40. The minimum Gasteiger partial charge on any atom is -0.368 e. The van der Waals surface area contributed by atoms with E-state index in [0.29, 0.717) is 21.6 Å². The van der Waals surface area contributed by atoms with Crippen LogP contribution in [0.2, 0.25) is 4.34 Å². The molecule has 10 heteroatoms. The largest absolute Gasteiger partial charge is 0.368 e. The lowest BCUT2D eigenvalue weighted by atomic mass is 9.91. The number of hydrogen-bond donors (Lipinski definition) is 2. The molecule has 3 heterocycles. The Morgan fingerprint density at radius 1 is 1.54 bits per heavy atom. The first-order valence-electron chi connectivity index (χ1n) is 7.13. The van der Waals surface area contributed by atoms with Crippen molar-refractivity contribution in [3.05, 3.63) is 26.0 Å². The van der Waals surface area contributed by atoms with Crippen molar-refractivity contribution in [2.24, 2.45) is 11.8 Å². The standard InChI is InChI=1S/C14H15BrCl2N4OS2/c1-20-5-6(10-9(15)11(16)19-21(10)2)8(14(20)23)13(22)18-7-3-4-24-12(7)17/h3-4,6,8,11,19H,5H2,1-2H3,(H,18,22)/t6-,8-,11?/m0/s1. The summed E-state index contributed by atoms with van der Waals surface area (Å²) in [7, 11) is 3.78. The molecule has 0 aliphatic carbocycles. The molecule has 1 saturated heterocycles. The molecule has 1 amide bonds. The fourth-order valence-corrected chi connectivity index (χ4v) is 5.14. The molecule has 2 aliphatic heterocycles. The van der Waals surface area contributed by atoms with E-state index in [1.54, 1.807) is 6.07 Å². The van der Waals surface area contributed by atoms with Crippen molar-refractivity contribution < 1.29 is 4.79 Å². The first kappa shape index (κ1) is 18.4. The van der Waals surface area contributed by atoms with Gasteiger partial charge in [0.05, 0.1) is 16.6 Å². The fourth-order valence-electron chi connectivity index (χ4n) is 3.04. The van der Waals surface area contributed by atoms with Gasteiger partial charge in [-0.25, -0.2) is 5.43 Å². The average Bonchev–Trinajstić information content (AvgIpc) is 3.11. The number of nitrogens with one attached hydrogen (secondary N) is 2. The highest BCUT2D eigenvalue weighted by molar-refractivity contribution is 9.11. The Morgan fingerprint density at radius 2 is 2.25 bits per heavy atom. The van der Waals surface area contributed by atoms with Crippen LogP contribution in [0.25, 0.3) is 0 Å². The van der Waals surface area contributed by atoms with Crippen molar-refractivity contribution in [3.63, 3.8) is 0 Å². The molecule has 3 rings (SSSR count). The second-order valence-electron chi connectivity index (χ2n) is 5.68. The third-order valence-corrected chi connectivity index (χ3v) is 7.34. The number of thiophene rings is 1. The van der Waals surface area contributed by atoms with Gasteiger partial charge < -0.3 is 15.2 Å². The van der Waals surface area contributed by atoms with E-state index in [-0.39, 0.29) is 17.3 Å². The lowest BCUT2D eigenvalue weighted by Crippen LogP contribution is -2.37. The van der Waals surface area contributed by atoms with E-state index in [2.05, 4.69) is 26.7 Å². The van der Waals surface area contributed by atoms with Crippen LogP contribution in [0.4, 0.5) is 5.69 Å². The molecule has 0 saturated carbocycles. The Bertz CT molecular complexity index is 725. The van der Waals surface area contributed by atoms with Crippen LogP contribution in [-0.2, 0) is 4.79 Å². The van der Waals surface area contributed by atoms with E-state index in [9.17, 15) is 4.79 Å². The molecule has 1 fully saturated rings. The van der Waals surface area contributed by atoms with Crippen molar-refractivity contribution in [1.29, 1.82) is 0 Å². The zero-order valence-electron chi connectivity index (χ0n) is 12.8. The number of anilines is 1. The summed E-state index contributed by atoms with van der Waals surface area (Å²) in [5.74, 6) is -0.723. The summed E-state index contributed by atoms with van der Waals surface area (Å²) >= 11 is 22.8. The summed E-state index contributed by atoms with van der Waals surface area (Å²) in [4.78, 5) is 15.4. The van der Waals surface area contributed by atoms with Crippen LogP contribution in [0.5, 0.6) is 0 Å². The zero-order valence-corrected chi connectivity index (χ0v) is 17.6. The molecule has 1 unspecified atom stereocenters. The lowest BCUT2D eigenvalue weighted by Gasteiger charge is -2.25. The Morgan fingerprint density at radius 3 is 2.79 bits per heavy atom. The number of hydrazine groups is 1. The minimum atomic E-state index is -0.463. The van der Waals surface area contributed by atoms with Crippen LogP contribution in [0.15, 0.2) is 21.6 Å². The van der Waals surface area contributed by atoms with E-state index in [0.717, 1.165) is 10.2 Å². The number of rotatable bonds is 3. The van der Waals surface area contributed by atoms with Crippen LogP contribution in [0.1, 0.15) is 0 Å². The molecule has 1 aromatic heterocycles. The number of thiocarbonyl (C=S) groups is 1. The van der Waals surface area contributed by atoms with Crippen molar-refractivity contribution in [1.82, 2.24) is 15.3 Å². The van der Waals surface area contributed by atoms with Gasteiger partial charge in [-0.2, -0.15) is 0 Å². The molecular formula is C14H15BrCl2N4OS2. The molecule has 2 aliphatic rings. The van der Waals surface area contributed by atoms with Crippen LogP contribution >= 0.6 is 62.7 Å². The second kappa shape index (κ2) is 7.09. The van der Waals surface area contributed by atoms with Gasteiger partial charge in [-0.15, -0.1) is 11.3 Å². The van der Waals surface area contributed by atoms with Gasteiger partial charge in [-0.1, -0.05) is 51.3 Å². The minimum absolute atomic E-state index is 0.101. The third-order valence-electron chi connectivity index (χ3n) is 4.16. The number of carbonyl (C=O) groups excluding carboxylic acids is 1. The maximum absolute atomic E-state index is 12.9. The summed E-state index contributed by atoms with van der Waals surface area (Å²) in [6.45, 7) is 0.647. The summed E-state index contributed by atoms with van der Waals surface area (Å²) in [6, 6.07) is 1.79. The van der Waals surface area contributed by atoms with Crippen LogP contribution in [0, 0.1) is 11.8 Å². The number of likely N-dealkylation sites (tertiary alicyclic amines) is 1. The number of halogens is 3. The van der Waals surface area contributed by atoms with Gasteiger partial charge in [0, 0.05) is 36.7 Å². The molecule has 0 radical (unpaired) electrons. The van der Waals surface area contributed by atoms with E-state index in [1.807, 2.05) is 29.4 Å². The Kier molecular flexibility index (Phi) is 5.44. The van der Waals surface area contributed by atoms with E-state index in [4.69, 9.17) is 35.4 Å². The fraction of sp³-hybridized carbons (Fsp3) is 0.429. The molecule has 3 atom stereocenters. The van der Waals surface area contributed by atoms with Crippen molar-refractivity contribution in [2.45, 2.75) is 5.50 Å². The van der Waals surface area contributed by atoms with Gasteiger partial charge in [0.1, 0.15) is 9.84 Å². The Hall–Kier alpha value is -0.380. The first-order chi connectivity index (χ1) is 11.3. The molecule has 0 bridgehead atoms. The topological polar surface area (TPSA) is 47.6 Å². The smallest absolute Gasteiger partial charge is 0.235 e. The number of carbonyl (C=O) groups is 1. The molecule has 5 nitrogen and oxygen atoms in total. The van der Waals surface area contributed by atoms with E-state index < -0.39 is 5.92 Å². The number of hydrogen-bond acceptors (Lipinski definition) is 5. The SMILES string of the molecule is CN1C[C@H](C2=C(Br)C(Cl)NN2C)[C@@H](C(=O)Nc2ccsc2Cl)C1=S. The summed E-state index contributed by atoms with van der Waals surface area (Å²) in [5, 5.41) is 6.58. The summed E-state index contributed by atoms with van der Waals surface area (Å²) < 4.78 is 1.39. The highest BCUT2D eigenvalue weighted by Gasteiger charge is 2.46. The Balaban J connectivity index is 1.90. The van der Waals surface area contributed by atoms with Crippen LogP contribution < -0.4 is 10.7 Å². The van der Waals surface area contributed by atoms with Crippen molar-refractivity contribution in [3.8, 4) is 0 Å². The lowest BCUT2D eigenvalue weighted by molar-refractivity contribution is -0.118. The highest BCUT2D eigenvalue weighted by atomic mass is 79.9. The molecule has 1 aromatic rings. The third kappa shape index (κ3) is 3.20. The number of nitrogens with zero attached hydrogens (tertiary/aromatic N) is 2. The van der Waals surface area contributed by atoms with Gasteiger partial charge >= 0.3 is 0 Å². The Labute approximate surface area is 168 Å². The van der Waals surface area contributed by atoms with Gasteiger partial charge in [0.25, 0.3) is 0 Å². The van der Waals surface area contributed by atoms with Gasteiger partial charge in [-0.05, 0) is 11.4 Å². The zero-order chi connectivity index (χ0) is 17.6. The predicted octanol–water partition coefficient (Wildman–Crippen LogP) is 3.47. The summed E-state index contributed by atoms with van der Waals surface area (Å²) in [6.07, 6.45) is 0. The van der Waals surface area contributed by atoms with E-state index in [1.165, 1.54) is 11.3 Å². The van der Waals surface area contributed by atoms with Crippen LogP contribution in [-0.4, -0.2) is 46.9 Å². The maximum atomic E-state index is 12.9. The van der Waals surface area contributed by atoms with Crippen LogP contribution in [0.3, 0.4) is 0 Å². The molecule has 24 heavy (non-hydrogen) atoms. The monoisotopic (exact) mass is 468 g/mol. The van der Waals surface area contributed by atoms with E-state index >= 15 is 0 Å². The summed E-state index contributed by atoms with van der Waals surface area (Å²) in [5.41, 5.74) is 4.31.